The van der Waals surface area contributed by atoms with Crippen LogP contribution in [0.25, 0.3) is 0 Å². The Bertz CT molecular complexity index is 336. The molecule has 0 spiro atoms. The Morgan fingerprint density at radius 2 is 2.27 bits per heavy atom. The summed E-state index contributed by atoms with van der Waals surface area (Å²) in [6.07, 6.45) is 4.19. The second-order valence-corrected chi connectivity index (χ2v) is 5.13. The summed E-state index contributed by atoms with van der Waals surface area (Å²) < 4.78 is 5.30. The minimum absolute atomic E-state index is 0.762. The largest absolute Gasteiger partial charge is 0.496 e. The van der Waals surface area contributed by atoms with Crippen molar-refractivity contribution in [2.45, 2.75) is 24.2 Å². The molecule has 1 aromatic rings. The number of rotatable bonds is 5. The van der Waals surface area contributed by atoms with Crippen LogP contribution in [0.1, 0.15) is 19.3 Å². The van der Waals surface area contributed by atoms with Crippen LogP contribution in [0.4, 0.5) is 5.69 Å². The number of thioether (sulfide) groups is 1. The Morgan fingerprint density at radius 1 is 1.47 bits per heavy atom. The Labute approximate surface area is 95.2 Å². The van der Waals surface area contributed by atoms with Crippen molar-refractivity contribution in [3.05, 3.63) is 18.2 Å². The second-order valence-electron chi connectivity index (χ2n) is 3.99. The second kappa shape index (κ2) is 4.79. The average Bonchev–Trinajstić information content (AvgIpc) is 3.04. The molecular weight excluding hydrogens is 206 g/mol. The quantitative estimate of drug-likeness (QED) is 0.615. The summed E-state index contributed by atoms with van der Waals surface area (Å²) in [6.45, 7) is 0. The number of anilines is 1. The predicted octanol–water partition coefficient (Wildman–Crippen LogP) is 3.17. The van der Waals surface area contributed by atoms with E-state index in [1.54, 1.807) is 7.11 Å². The van der Waals surface area contributed by atoms with Crippen molar-refractivity contribution in [1.82, 2.24) is 0 Å². The van der Waals surface area contributed by atoms with E-state index < -0.39 is 0 Å². The summed E-state index contributed by atoms with van der Waals surface area (Å²) in [4.78, 5) is 1.20. The lowest BCUT2D eigenvalue weighted by atomic mass is 10.3. The molecule has 15 heavy (non-hydrogen) atoms. The molecule has 1 aliphatic carbocycles. The third-order valence-corrected chi connectivity index (χ3v) is 3.76. The molecule has 3 heteroatoms. The smallest absolute Gasteiger partial charge is 0.134 e. The SMILES string of the molecule is COc1cc(N)ccc1SCCC1CC1. The number of nitrogen functional groups attached to an aromatic ring is 1. The molecule has 1 fully saturated rings. The van der Waals surface area contributed by atoms with Crippen LogP contribution in [-0.2, 0) is 0 Å². The van der Waals surface area contributed by atoms with Gasteiger partial charge in [0, 0.05) is 16.6 Å². The molecule has 0 aliphatic heterocycles. The highest BCUT2D eigenvalue weighted by atomic mass is 32.2. The fourth-order valence-corrected chi connectivity index (χ4v) is 2.67. The first kappa shape index (κ1) is 10.7. The van der Waals surface area contributed by atoms with Crippen LogP contribution in [0.2, 0.25) is 0 Å². The van der Waals surface area contributed by atoms with Crippen LogP contribution < -0.4 is 10.5 Å². The Morgan fingerprint density at radius 3 is 2.93 bits per heavy atom. The summed E-state index contributed by atoms with van der Waals surface area (Å²) in [6, 6.07) is 5.87. The molecule has 0 aromatic heterocycles. The summed E-state index contributed by atoms with van der Waals surface area (Å²) in [5.41, 5.74) is 6.46. The zero-order valence-corrected chi connectivity index (χ0v) is 9.85. The first-order chi connectivity index (χ1) is 7.29. The van der Waals surface area contributed by atoms with E-state index in [2.05, 4.69) is 0 Å². The molecule has 0 bridgehead atoms. The van der Waals surface area contributed by atoms with Gasteiger partial charge in [0.2, 0.25) is 0 Å². The van der Waals surface area contributed by atoms with Crippen molar-refractivity contribution in [2.75, 3.05) is 18.6 Å². The molecule has 0 heterocycles. The van der Waals surface area contributed by atoms with E-state index in [0.717, 1.165) is 17.4 Å². The van der Waals surface area contributed by atoms with Crippen LogP contribution in [-0.4, -0.2) is 12.9 Å². The Kier molecular flexibility index (Phi) is 3.41. The molecule has 2 nitrogen and oxygen atoms in total. The van der Waals surface area contributed by atoms with Gasteiger partial charge in [0.15, 0.2) is 0 Å². The standard InChI is InChI=1S/C12H17NOS/c1-14-11-8-10(13)4-5-12(11)15-7-6-9-2-3-9/h4-5,8-9H,2-3,6-7,13H2,1H3. The summed E-state index contributed by atoms with van der Waals surface area (Å²) in [7, 11) is 1.69. The van der Waals surface area contributed by atoms with E-state index in [1.165, 1.54) is 29.9 Å². The molecule has 1 saturated carbocycles. The number of methoxy groups -OCH3 is 1. The van der Waals surface area contributed by atoms with Crippen molar-refractivity contribution in [1.29, 1.82) is 0 Å². The van der Waals surface area contributed by atoms with Crippen molar-refractivity contribution < 1.29 is 4.74 Å². The van der Waals surface area contributed by atoms with E-state index in [4.69, 9.17) is 10.5 Å². The van der Waals surface area contributed by atoms with Gasteiger partial charge in [0.25, 0.3) is 0 Å². The number of hydrogen-bond donors (Lipinski definition) is 1. The fourth-order valence-electron chi connectivity index (χ4n) is 1.55. The van der Waals surface area contributed by atoms with E-state index in [9.17, 15) is 0 Å². The maximum absolute atomic E-state index is 5.70. The van der Waals surface area contributed by atoms with Gasteiger partial charge in [-0.2, -0.15) is 0 Å². The van der Waals surface area contributed by atoms with Gasteiger partial charge in [0.1, 0.15) is 5.75 Å². The first-order valence-corrected chi connectivity index (χ1v) is 6.34. The summed E-state index contributed by atoms with van der Waals surface area (Å²) in [5.74, 6) is 3.08. The van der Waals surface area contributed by atoms with Gasteiger partial charge in [0.05, 0.1) is 7.11 Å². The number of benzene rings is 1. The zero-order valence-electron chi connectivity index (χ0n) is 9.03. The molecule has 2 N–H and O–H groups in total. The van der Waals surface area contributed by atoms with Gasteiger partial charge in [-0.3, -0.25) is 0 Å². The van der Waals surface area contributed by atoms with Crippen LogP contribution in [0, 0.1) is 5.92 Å². The minimum atomic E-state index is 0.762. The lowest BCUT2D eigenvalue weighted by Gasteiger charge is -2.08. The monoisotopic (exact) mass is 223 g/mol. The maximum atomic E-state index is 5.70. The minimum Gasteiger partial charge on any atom is -0.496 e. The zero-order chi connectivity index (χ0) is 10.7. The van der Waals surface area contributed by atoms with Gasteiger partial charge in [-0.05, 0) is 30.2 Å². The van der Waals surface area contributed by atoms with Crippen molar-refractivity contribution in [2.24, 2.45) is 5.92 Å². The van der Waals surface area contributed by atoms with Crippen molar-refractivity contribution in [3.63, 3.8) is 0 Å². The fraction of sp³-hybridized carbons (Fsp3) is 0.500. The molecular formula is C12H17NOS. The molecule has 0 radical (unpaired) electrons. The Balaban J connectivity index is 1.92. The van der Waals surface area contributed by atoms with Crippen LogP contribution in [0.3, 0.4) is 0 Å². The summed E-state index contributed by atoms with van der Waals surface area (Å²) >= 11 is 1.87. The van der Waals surface area contributed by atoms with Crippen LogP contribution in [0.5, 0.6) is 5.75 Å². The van der Waals surface area contributed by atoms with Gasteiger partial charge < -0.3 is 10.5 Å². The highest BCUT2D eigenvalue weighted by Gasteiger charge is 2.20. The molecule has 1 aliphatic rings. The normalized spacial score (nSPS) is 15.3. The number of nitrogens with two attached hydrogens (primary N) is 1. The van der Waals surface area contributed by atoms with Crippen LogP contribution in [0.15, 0.2) is 23.1 Å². The molecule has 82 valence electrons. The number of hydrogen-bond acceptors (Lipinski definition) is 3. The first-order valence-electron chi connectivity index (χ1n) is 5.36. The topological polar surface area (TPSA) is 35.2 Å². The molecule has 1 aromatic carbocycles. The molecule has 0 saturated heterocycles. The predicted molar refractivity (Wildman–Crippen MR) is 65.5 cm³/mol. The molecule has 0 unspecified atom stereocenters. The van der Waals surface area contributed by atoms with E-state index in [-0.39, 0.29) is 0 Å². The molecule has 0 atom stereocenters. The Hall–Kier alpha value is -0.830. The number of ether oxygens (including phenoxy) is 1. The maximum Gasteiger partial charge on any atom is 0.134 e. The highest BCUT2D eigenvalue weighted by Crippen LogP contribution is 2.37. The molecule has 0 amide bonds. The van der Waals surface area contributed by atoms with Gasteiger partial charge in [-0.25, -0.2) is 0 Å². The third-order valence-electron chi connectivity index (χ3n) is 2.67. The molecule has 2 rings (SSSR count). The average molecular weight is 223 g/mol. The van der Waals surface area contributed by atoms with Gasteiger partial charge in [-0.1, -0.05) is 12.8 Å². The lowest BCUT2D eigenvalue weighted by Crippen LogP contribution is -1.91. The van der Waals surface area contributed by atoms with Crippen molar-refractivity contribution in [3.8, 4) is 5.75 Å². The van der Waals surface area contributed by atoms with Crippen molar-refractivity contribution >= 4 is 17.4 Å². The summed E-state index contributed by atoms with van der Waals surface area (Å²) in [5, 5.41) is 0. The lowest BCUT2D eigenvalue weighted by molar-refractivity contribution is 0.405. The van der Waals surface area contributed by atoms with Crippen LogP contribution >= 0.6 is 11.8 Å². The third kappa shape index (κ3) is 3.06. The highest BCUT2D eigenvalue weighted by molar-refractivity contribution is 7.99. The van der Waals surface area contributed by atoms with E-state index >= 15 is 0 Å². The van der Waals surface area contributed by atoms with E-state index in [1.807, 2.05) is 30.0 Å². The van der Waals surface area contributed by atoms with Gasteiger partial charge in [-0.15, -0.1) is 11.8 Å². The van der Waals surface area contributed by atoms with Gasteiger partial charge >= 0.3 is 0 Å². The van der Waals surface area contributed by atoms with E-state index in [0.29, 0.717) is 0 Å².